The number of rotatable bonds is 1. The van der Waals surface area contributed by atoms with E-state index in [9.17, 15) is 9.36 Å². The van der Waals surface area contributed by atoms with Crippen LogP contribution in [0.1, 0.15) is 6.92 Å². The lowest BCUT2D eigenvalue weighted by Crippen LogP contribution is -1.93. The Balaban J connectivity index is 3.74. The fraction of sp³-hybridized carbons (Fsp3) is 0.750. The zero-order valence-electron chi connectivity index (χ0n) is 5.17. The first-order valence-corrected chi connectivity index (χ1v) is 4.69. The maximum atomic E-state index is 10.6. The van der Waals surface area contributed by atoms with Crippen LogP contribution < -0.4 is 0 Å². The number of carbonyl (C=O) groups is 1. The molecule has 3 nitrogen and oxygen atoms in total. The molecule has 0 N–H and O–H groups in total. The van der Waals surface area contributed by atoms with E-state index in [1.54, 1.807) is 0 Å². The molecule has 48 valence electrons. The first-order valence-electron chi connectivity index (χ1n) is 2.17. The molecule has 0 aliphatic rings. The van der Waals surface area contributed by atoms with Crippen molar-refractivity contribution in [1.82, 2.24) is 0 Å². The van der Waals surface area contributed by atoms with Gasteiger partial charge in [0, 0.05) is 20.3 Å². The van der Waals surface area contributed by atoms with E-state index in [0.29, 0.717) is 0 Å². The summed E-state index contributed by atoms with van der Waals surface area (Å²) in [5, 5.41) is 0. The second-order valence-electron chi connectivity index (χ2n) is 1.83. The number of hydrogen-bond acceptors (Lipinski definition) is 3. The summed E-state index contributed by atoms with van der Waals surface area (Å²) in [7, 11) is -2.57. The van der Waals surface area contributed by atoms with Crippen LogP contribution >= 0.6 is 7.37 Å². The van der Waals surface area contributed by atoms with Gasteiger partial charge in [-0.2, -0.15) is 0 Å². The van der Waals surface area contributed by atoms with Crippen LogP contribution in [0.15, 0.2) is 0 Å². The largest absolute Gasteiger partial charge is 0.413 e. The fourth-order valence-electron chi connectivity index (χ4n) is 0.310. The first kappa shape index (κ1) is 7.70. The van der Waals surface area contributed by atoms with Crippen molar-refractivity contribution in [1.29, 1.82) is 0 Å². The first-order chi connectivity index (χ1) is 3.42. The predicted molar refractivity (Wildman–Crippen MR) is 31.2 cm³/mol. The van der Waals surface area contributed by atoms with Crippen LogP contribution in [0.25, 0.3) is 0 Å². The van der Waals surface area contributed by atoms with Crippen LogP contribution in [0.2, 0.25) is 0 Å². The topological polar surface area (TPSA) is 43.4 Å². The Morgan fingerprint density at radius 1 is 1.50 bits per heavy atom. The molecule has 0 rings (SSSR count). The Labute approximate surface area is 48.5 Å². The van der Waals surface area contributed by atoms with E-state index in [-0.39, 0.29) is 0 Å². The van der Waals surface area contributed by atoms with Crippen LogP contribution in [-0.4, -0.2) is 19.3 Å². The Hall–Kier alpha value is -0.300. The van der Waals surface area contributed by atoms with Crippen molar-refractivity contribution in [3.63, 3.8) is 0 Å². The number of carbonyl (C=O) groups excluding carboxylic acids is 1. The van der Waals surface area contributed by atoms with E-state index in [4.69, 9.17) is 0 Å². The second-order valence-corrected chi connectivity index (χ2v) is 4.52. The maximum Gasteiger partial charge on any atom is 0.307 e. The van der Waals surface area contributed by atoms with Gasteiger partial charge in [-0.15, -0.1) is 0 Å². The summed E-state index contributed by atoms with van der Waals surface area (Å²) >= 11 is 0. The van der Waals surface area contributed by atoms with Gasteiger partial charge in [0.1, 0.15) is 0 Å². The van der Waals surface area contributed by atoms with Gasteiger partial charge in [-0.1, -0.05) is 0 Å². The average Bonchev–Trinajstić information content (AvgIpc) is 1.21. The third-order valence-electron chi connectivity index (χ3n) is 0.348. The molecule has 0 atom stereocenters. The zero-order valence-corrected chi connectivity index (χ0v) is 6.07. The van der Waals surface area contributed by atoms with Crippen molar-refractivity contribution in [2.24, 2.45) is 0 Å². The van der Waals surface area contributed by atoms with Crippen LogP contribution in [0.4, 0.5) is 0 Å². The molecule has 0 amide bonds. The molecular formula is C4H9O3P. The van der Waals surface area contributed by atoms with Gasteiger partial charge in [0.25, 0.3) is 0 Å². The van der Waals surface area contributed by atoms with Crippen LogP contribution in [0, 0.1) is 0 Å². The highest BCUT2D eigenvalue weighted by atomic mass is 31.2. The molecule has 4 heteroatoms. The normalized spacial score (nSPS) is 10.9. The van der Waals surface area contributed by atoms with Crippen LogP contribution in [0.3, 0.4) is 0 Å². The van der Waals surface area contributed by atoms with Gasteiger partial charge in [0.05, 0.1) is 0 Å². The minimum Gasteiger partial charge on any atom is -0.413 e. The molecule has 0 heterocycles. The zero-order chi connectivity index (χ0) is 6.78. The lowest BCUT2D eigenvalue weighted by molar-refractivity contribution is -0.131. The highest BCUT2D eigenvalue weighted by Gasteiger charge is 2.08. The molecular weight excluding hydrogens is 127 g/mol. The Kier molecular flexibility index (Phi) is 2.23. The fourth-order valence-corrected chi connectivity index (χ4v) is 0.929. The monoisotopic (exact) mass is 136 g/mol. The molecule has 0 aromatic heterocycles. The molecule has 0 aromatic rings. The summed E-state index contributed by atoms with van der Waals surface area (Å²) in [4.78, 5) is 10.1. The van der Waals surface area contributed by atoms with E-state index < -0.39 is 13.3 Å². The molecule has 0 unspecified atom stereocenters. The van der Waals surface area contributed by atoms with Crippen molar-refractivity contribution in [2.75, 3.05) is 13.3 Å². The molecule has 0 saturated carbocycles. The minimum atomic E-state index is -2.57. The van der Waals surface area contributed by atoms with Gasteiger partial charge < -0.3 is 4.52 Å². The highest BCUT2D eigenvalue weighted by molar-refractivity contribution is 7.57. The van der Waals surface area contributed by atoms with Crippen molar-refractivity contribution in [3.8, 4) is 0 Å². The molecule has 0 spiro atoms. The maximum absolute atomic E-state index is 10.6. The average molecular weight is 136 g/mol. The van der Waals surface area contributed by atoms with Crippen molar-refractivity contribution in [2.45, 2.75) is 6.92 Å². The van der Waals surface area contributed by atoms with Gasteiger partial charge in [-0.05, 0) is 0 Å². The molecule has 0 aliphatic heterocycles. The quantitative estimate of drug-likeness (QED) is 0.506. The third-order valence-corrected chi connectivity index (χ3v) is 1.05. The highest BCUT2D eigenvalue weighted by Crippen LogP contribution is 2.36. The SMILES string of the molecule is CC(=O)OP(C)(C)=O. The van der Waals surface area contributed by atoms with E-state index in [1.165, 1.54) is 20.3 Å². The molecule has 0 bridgehead atoms. The van der Waals surface area contributed by atoms with Crippen LogP contribution in [-0.2, 0) is 13.9 Å². The predicted octanol–water partition coefficient (Wildman–Crippen LogP) is 1.09. The molecule has 0 aromatic carbocycles. The van der Waals surface area contributed by atoms with E-state index in [0.717, 1.165) is 0 Å². The molecule has 0 aliphatic carbocycles. The smallest absolute Gasteiger partial charge is 0.307 e. The summed E-state index contributed by atoms with van der Waals surface area (Å²) in [5.74, 6) is -0.488. The van der Waals surface area contributed by atoms with Gasteiger partial charge in [0.2, 0.25) is 7.37 Å². The second kappa shape index (κ2) is 2.31. The Morgan fingerprint density at radius 2 is 1.88 bits per heavy atom. The number of hydrogen-bond donors (Lipinski definition) is 0. The Morgan fingerprint density at radius 3 is 1.88 bits per heavy atom. The van der Waals surface area contributed by atoms with Crippen molar-refractivity contribution >= 4 is 13.3 Å². The standard InChI is InChI=1S/C4H9O3P/c1-4(5)7-8(2,3)6/h1-3H3. The van der Waals surface area contributed by atoms with Crippen LogP contribution in [0.5, 0.6) is 0 Å². The van der Waals surface area contributed by atoms with Crippen molar-refractivity contribution < 1.29 is 13.9 Å². The summed E-state index contributed by atoms with van der Waals surface area (Å²) in [6.45, 7) is 4.03. The summed E-state index contributed by atoms with van der Waals surface area (Å²) < 4.78 is 14.9. The van der Waals surface area contributed by atoms with E-state index >= 15 is 0 Å². The summed E-state index contributed by atoms with van der Waals surface area (Å²) in [6.07, 6.45) is 0. The molecule has 0 saturated heterocycles. The molecule has 0 fully saturated rings. The van der Waals surface area contributed by atoms with Gasteiger partial charge in [-0.3, -0.25) is 9.36 Å². The minimum absolute atomic E-state index is 0.488. The van der Waals surface area contributed by atoms with E-state index in [2.05, 4.69) is 4.52 Å². The lowest BCUT2D eigenvalue weighted by atomic mass is 10.9. The van der Waals surface area contributed by atoms with Gasteiger partial charge >= 0.3 is 5.97 Å². The molecule has 8 heavy (non-hydrogen) atoms. The molecule has 0 radical (unpaired) electrons. The summed E-state index contributed by atoms with van der Waals surface area (Å²) in [5.41, 5.74) is 0. The Bertz CT molecular complexity index is 134. The van der Waals surface area contributed by atoms with Gasteiger partial charge in [0.15, 0.2) is 0 Å². The van der Waals surface area contributed by atoms with Gasteiger partial charge in [-0.25, -0.2) is 0 Å². The van der Waals surface area contributed by atoms with E-state index in [1.807, 2.05) is 0 Å². The third kappa shape index (κ3) is 5.70. The summed E-state index contributed by atoms with van der Waals surface area (Å²) in [6, 6.07) is 0. The lowest BCUT2D eigenvalue weighted by Gasteiger charge is -2.03. The van der Waals surface area contributed by atoms with Crippen molar-refractivity contribution in [3.05, 3.63) is 0 Å².